The van der Waals surface area contributed by atoms with Gasteiger partial charge in [-0.2, -0.15) is 0 Å². The molecule has 1 saturated carbocycles. The van der Waals surface area contributed by atoms with Crippen LogP contribution < -0.4 is 10.5 Å². The molecule has 2 rings (SSSR count). The van der Waals surface area contributed by atoms with Crippen LogP contribution in [-0.2, 0) is 10.0 Å². The molecular formula is C12H20N4O2S. The summed E-state index contributed by atoms with van der Waals surface area (Å²) in [5.41, 5.74) is 0. The second kappa shape index (κ2) is 5.05. The molecule has 0 amide bonds. The number of nitrogens with one attached hydrogen (secondary N) is 1. The third-order valence-corrected chi connectivity index (χ3v) is 5.41. The van der Waals surface area contributed by atoms with E-state index in [9.17, 15) is 8.42 Å². The second-order valence-corrected chi connectivity index (χ2v) is 7.35. The minimum atomic E-state index is -3.53. The smallest absolute Gasteiger partial charge is 0.216 e. The Morgan fingerprint density at radius 2 is 2.16 bits per heavy atom. The van der Waals surface area contributed by atoms with Crippen molar-refractivity contribution in [3.8, 4) is 0 Å². The monoisotopic (exact) mass is 284 g/mol. The van der Waals surface area contributed by atoms with Crippen LogP contribution in [0.5, 0.6) is 0 Å². The molecule has 0 saturated heterocycles. The third kappa shape index (κ3) is 2.87. The van der Waals surface area contributed by atoms with Crippen LogP contribution in [0.1, 0.15) is 44.9 Å². The number of primary sulfonamides is 1. The second-order valence-electron chi connectivity index (χ2n) is 5.39. The summed E-state index contributed by atoms with van der Waals surface area (Å²) >= 11 is 0. The van der Waals surface area contributed by atoms with E-state index in [0.717, 1.165) is 12.2 Å². The lowest BCUT2D eigenvalue weighted by Gasteiger charge is -2.39. The summed E-state index contributed by atoms with van der Waals surface area (Å²) in [7, 11) is -3.53. The van der Waals surface area contributed by atoms with Gasteiger partial charge >= 0.3 is 0 Å². The quantitative estimate of drug-likeness (QED) is 0.847. The van der Waals surface area contributed by atoms with Gasteiger partial charge in [0.2, 0.25) is 10.0 Å². The zero-order chi connectivity index (χ0) is 14.1. The number of nitrogens with zero attached hydrogens (tertiary/aromatic N) is 2. The van der Waals surface area contributed by atoms with Gasteiger partial charge in [0.1, 0.15) is 16.4 Å². The zero-order valence-electron chi connectivity index (χ0n) is 11.3. The Bertz CT molecular complexity index is 553. The summed E-state index contributed by atoms with van der Waals surface area (Å²) in [5.74, 6) is 1.62. The Hall–Kier alpha value is -1.21. The van der Waals surface area contributed by atoms with Crippen molar-refractivity contribution < 1.29 is 8.42 Å². The SMILES string of the molecule is CC(C)c1nccc(NCC2(S(N)(=O)=O)CCC2)n1. The van der Waals surface area contributed by atoms with E-state index in [2.05, 4.69) is 15.3 Å². The first-order valence-electron chi connectivity index (χ1n) is 6.43. The molecule has 6 nitrogen and oxygen atoms in total. The number of nitrogens with two attached hydrogens (primary N) is 1. The Kier molecular flexibility index (Phi) is 3.78. The number of rotatable bonds is 5. The maximum atomic E-state index is 11.6. The van der Waals surface area contributed by atoms with Gasteiger partial charge in [-0.1, -0.05) is 20.3 Å². The van der Waals surface area contributed by atoms with Crippen LogP contribution in [0, 0.1) is 0 Å². The molecule has 1 heterocycles. The average molecular weight is 284 g/mol. The molecule has 0 bridgehead atoms. The van der Waals surface area contributed by atoms with Crippen molar-refractivity contribution in [2.45, 2.75) is 43.8 Å². The van der Waals surface area contributed by atoms with Crippen molar-refractivity contribution in [1.29, 1.82) is 0 Å². The predicted octanol–water partition coefficient (Wildman–Crippen LogP) is 1.22. The third-order valence-electron chi connectivity index (χ3n) is 3.65. The van der Waals surface area contributed by atoms with Crippen molar-refractivity contribution in [2.75, 3.05) is 11.9 Å². The van der Waals surface area contributed by atoms with Gasteiger partial charge in [-0.25, -0.2) is 23.5 Å². The lowest BCUT2D eigenvalue weighted by molar-refractivity contribution is 0.351. The minimum absolute atomic E-state index is 0.234. The van der Waals surface area contributed by atoms with Crippen LogP contribution >= 0.6 is 0 Å². The van der Waals surface area contributed by atoms with E-state index in [4.69, 9.17) is 5.14 Å². The molecule has 1 fully saturated rings. The molecule has 19 heavy (non-hydrogen) atoms. The van der Waals surface area contributed by atoms with Gasteiger partial charge < -0.3 is 5.32 Å². The lowest BCUT2D eigenvalue weighted by Crippen LogP contribution is -2.53. The van der Waals surface area contributed by atoms with Crippen molar-refractivity contribution in [1.82, 2.24) is 9.97 Å². The van der Waals surface area contributed by atoms with Gasteiger partial charge in [-0.15, -0.1) is 0 Å². The van der Waals surface area contributed by atoms with Crippen molar-refractivity contribution in [3.63, 3.8) is 0 Å². The molecule has 106 valence electrons. The Labute approximate surface area is 113 Å². The number of hydrogen-bond donors (Lipinski definition) is 2. The van der Waals surface area contributed by atoms with Gasteiger partial charge in [0.15, 0.2) is 0 Å². The highest BCUT2D eigenvalue weighted by molar-refractivity contribution is 7.90. The van der Waals surface area contributed by atoms with E-state index in [-0.39, 0.29) is 5.92 Å². The van der Waals surface area contributed by atoms with Crippen LogP contribution in [0.3, 0.4) is 0 Å². The van der Waals surface area contributed by atoms with E-state index < -0.39 is 14.8 Å². The fourth-order valence-electron chi connectivity index (χ4n) is 2.14. The Morgan fingerprint density at radius 1 is 1.47 bits per heavy atom. The molecule has 3 N–H and O–H groups in total. The van der Waals surface area contributed by atoms with Crippen molar-refractivity contribution in [3.05, 3.63) is 18.1 Å². The molecule has 1 aliphatic rings. The summed E-state index contributed by atoms with van der Waals surface area (Å²) in [5, 5.41) is 8.40. The van der Waals surface area contributed by atoms with E-state index in [1.807, 2.05) is 13.8 Å². The van der Waals surface area contributed by atoms with E-state index in [0.29, 0.717) is 25.2 Å². The van der Waals surface area contributed by atoms with E-state index in [1.165, 1.54) is 0 Å². The number of anilines is 1. The summed E-state index contributed by atoms with van der Waals surface area (Å²) in [6.45, 7) is 4.33. The molecule has 0 spiro atoms. The first kappa shape index (κ1) is 14.2. The van der Waals surface area contributed by atoms with Gasteiger partial charge in [-0.3, -0.25) is 0 Å². The molecule has 0 aliphatic heterocycles. The standard InChI is InChI=1S/C12H20N4O2S/c1-9(2)11-14-7-4-10(16-11)15-8-12(5-3-6-12)19(13,17)18/h4,7,9H,3,5-6,8H2,1-2H3,(H2,13,17,18)(H,14,15,16). The number of aromatic nitrogens is 2. The predicted molar refractivity (Wildman–Crippen MR) is 74.3 cm³/mol. The van der Waals surface area contributed by atoms with Gasteiger partial charge in [-0.05, 0) is 18.9 Å². The molecule has 1 aliphatic carbocycles. The average Bonchev–Trinajstić information content (AvgIpc) is 2.26. The maximum absolute atomic E-state index is 11.6. The summed E-state index contributed by atoms with van der Waals surface area (Å²) < 4.78 is 22.5. The van der Waals surface area contributed by atoms with E-state index >= 15 is 0 Å². The first-order valence-corrected chi connectivity index (χ1v) is 7.98. The van der Waals surface area contributed by atoms with Crippen LogP contribution in [0.4, 0.5) is 5.82 Å². The van der Waals surface area contributed by atoms with Crippen LogP contribution in [0.2, 0.25) is 0 Å². The molecule has 0 unspecified atom stereocenters. The Morgan fingerprint density at radius 3 is 2.63 bits per heavy atom. The molecule has 0 atom stereocenters. The van der Waals surface area contributed by atoms with Crippen LogP contribution in [0.15, 0.2) is 12.3 Å². The molecule has 7 heteroatoms. The highest BCUT2D eigenvalue weighted by Crippen LogP contribution is 2.37. The fraction of sp³-hybridized carbons (Fsp3) is 0.667. The topological polar surface area (TPSA) is 98.0 Å². The normalized spacial score (nSPS) is 18.1. The maximum Gasteiger partial charge on any atom is 0.216 e. The largest absolute Gasteiger partial charge is 0.368 e. The summed E-state index contributed by atoms with van der Waals surface area (Å²) in [6.07, 6.45) is 3.80. The molecule has 0 radical (unpaired) electrons. The zero-order valence-corrected chi connectivity index (χ0v) is 12.1. The molecule has 0 aromatic carbocycles. The number of hydrogen-bond acceptors (Lipinski definition) is 5. The first-order chi connectivity index (χ1) is 8.84. The number of sulfonamides is 1. The van der Waals surface area contributed by atoms with Gasteiger partial charge in [0, 0.05) is 18.7 Å². The van der Waals surface area contributed by atoms with E-state index in [1.54, 1.807) is 12.3 Å². The molecular weight excluding hydrogens is 264 g/mol. The molecule has 1 aromatic rings. The van der Waals surface area contributed by atoms with Crippen LogP contribution in [0.25, 0.3) is 0 Å². The van der Waals surface area contributed by atoms with Gasteiger partial charge in [0.05, 0.1) is 0 Å². The van der Waals surface area contributed by atoms with Gasteiger partial charge in [0.25, 0.3) is 0 Å². The lowest BCUT2D eigenvalue weighted by atomic mass is 9.84. The Balaban J connectivity index is 2.08. The van der Waals surface area contributed by atoms with Crippen LogP contribution in [-0.4, -0.2) is 29.7 Å². The summed E-state index contributed by atoms with van der Waals surface area (Å²) in [6, 6.07) is 1.74. The van der Waals surface area contributed by atoms with Crippen molar-refractivity contribution >= 4 is 15.8 Å². The fourth-order valence-corrected chi connectivity index (χ4v) is 3.27. The van der Waals surface area contributed by atoms with Crippen molar-refractivity contribution in [2.24, 2.45) is 5.14 Å². The highest BCUT2D eigenvalue weighted by atomic mass is 32.2. The minimum Gasteiger partial charge on any atom is -0.368 e. The molecule has 1 aromatic heterocycles. The highest BCUT2D eigenvalue weighted by Gasteiger charge is 2.46. The summed E-state index contributed by atoms with van der Waals surface area (Å²) in [4.78, 5) is 8.53.